The normalized spacial score (nSPS) is 17.9. The molecular formula is C14H16N4O3. The smallest absolute Gasteiger partial charge is 0.270 e. The second-order valence-corrected chi connectivity index (χ2v) is 5.28. The number of benzene rings is 1. The number of hydrogen-bond acceptors (Lipinski definition) is 5. The zero-order chi connectivity index (χ0) is 15.6. The molecule has 21 heavy (non-hydrogen) atoms. The Balaban J connectivity index is 2.16. The van der Waals surface area contributed by atoms with Crippen molar-refractivity contribution in [2.45, 2.75) is 32.4 Å². The lowest BCUT2D eigenvalue weighted by atomic mass is 10.1. The highest BCUT2D eigenvalue weighted by atomic mass is 16.6. The van der Waals surface area contributed by atoms with E-state index >= 15 is 0 Å². The zero-order valence-corrected chi connectivity index (χ0v) is 11.9. The quantitative estimate of drug-likeness (QED) is 0.673. The monoisotopic (exact) mass is 288 g/mol. The number of nitriles is 1. The van der Waals surface area contributed by atoms with Crippen molar-refractivity contribution in [3.8, 4) is 6.07 Å². The molecule has 1 aliphatic rings. The van der Waals surface area contributed by atoms with Crippen LogP contribution >= 0.6 is 0 Å². The molecule has 0 radical (unpaired) electrons. The molecule has 0 aromatic heterocycles. The summed E-state index contributed by atoms with van der Waals surface area (Å²) < 4.78 is 0. The van der Waals surface area contributed by atoms with Crippen LogP contribution in [0.15, 0.2) is 18.2 Å². The number of nitrogens with one attached hydrogen (secondary N) is 1. The fourth-order valence-electron chi connectivity index (χ4n) is 2.41. The van der Waals surface area contributed by atoms with Gasteiger partial charge in [0.2, 0.25) is 5.91 Å². The molecule has 1 heterocycles. The van der Waals surface area contributed by atoms with E-state index in [9.17, 15) is 14.9 Å². The Morgan fingerprint density at radius 3 is 2.76 bits per heavy atom. The molecule has 0 saturated carbocycles. The van der Waals surface area contributed by atoms with E-state index in [1.165, 1.54) is 18.2 Å². The lowest BCUT2D eigenvalue weighted by Crippen LogP contribution is -2.33. The molecule has 1 atom stereocenters. The number of non-ortho nitro benzene ring substituents is 1. The van der Waals surface area contributed by atoms with Crippen molar-refractivity contribution in [1.29, 1.82) is 5.26 Å². The van der Waals surface area contributed by atoms with E-state index in [2.05, 4.69) is 5.32 Å². The zero-order valence-electron chi connectivity index (χ0n) is 11.9. The van der Waals surface area contributed by atoms with Crippen molar-refractivity contribution in [1.82, 2.24) is 4.90 Å². The van der Waals surface area contributed by atoms with Gasteiger partial charge in [-0.1, -0.05) is 0 Å². The molecular weight excluding hydrogens is 272 g/mol. The van der Waals surface area contributed by atoms with E-state index in [-0.39, 0.29) is 29.2 Å². The van der Waals surface area contributed by atoms with Crippen molar-refractivity contribution in [2.75, 3.05) is 11.9 Å². The van der Waals surface area contributed by atoms with Crippen LogP contribution in [0.5, 0.6) is 0 Å². The van der Waals surface area contributed by atoms with Gasteiger partial charge in [-0.05, 0) is 19.9 Å². The Kier molecular flexibility index (Phi) is 4.08. The van der Waals surface area contributed by atoms with Gasteiger partial charge < -0.3 is 10.2 Å². The molecule has 0 spiro atoms. The molecule has 0 unspecified atom stereocenters. The van der Waals surface area contributed by atoms with E-state index in [4.69, 9.17) is 5.26 Å². The van der Waals surface area contributed by atoms with Crippen LogP contribution in [0.2, 0.25) is 0 Å². The van der Waals surface area contributed by atoms with Gasteiger partial charge in [0.1, 0.15) is 6.07 Å². The van der Waals surface area contributed by atoms with Crippen LogP contribution in [0.3, 0.4) is 0 Å². The summed E-state index contributed by atoms with van der Waals surface area (Å²) in [6.45, 7) is 4.47. The Hall–Kier alpha value is -2.62. The molecule has 1 aromatic carbocycles. The van der Waals surface area contributed by atoms with E-state index in [0.29, 0.717) is 18.7 Å². The summed E-state index contributed by atoms with van der Waals surface area (Å²) >= 11 is 0. The predicted octanol–water partition coefficient (Wildman–Crippen LogP) is 1.89. The molecule has 0 aliphatic carbocycles. The molecule has 1 aliphatic heterocycles. The average Bonchev–Trinajstić information content (AvgIpc) is 2.80. The van der Waals surface area contributed by atoms with Gasteiger partial charge in [0, 0.05) is 31.1 Å². The minimum Gasteiger partial charge on any atom is -0.379 e. The van der Waals surface area contributed by atoms with E-state index in [1.54, 1.807) is 4.90 Å². The summed E-state index contributed by atoms with van der Waals surface area (Å²) in [4.78, 5) is 23.8. The minimum absolute atomic E-state index is 0.0721. The first-order valence-corrected chi connectivity index (χ1v) is 6.67. The Morgan fingerprint density at radius 1 is 1.52 bits per heavy atom. The van der Waals surface area contributed by atoms with Crippen LogP contribution in [0, 0.1) is 21.4 Å². The van der Waals surface area contributed by atoms with E-state index < -0.39 is 4.92 Å². The van der Waals surface area contributed by atoms with Gasteiger partial charge in [-0.15, -0.1) is 0 Å². The maximum absolute atomic E-state index is 11.8. The number of likely N-dealkylation sites (tertiary alicyclic amines) is 1. The summed E-state index contributed by atoms with van der Waals surface area (Å²) in [6, 6.07) is 6.09. The standard InChI is InChI=1S/C14H16N4O3/c1-9(2)17-8-11(6-14(17)19)16-13-4-3-12(18(20)21)5-10(13)7-15/h3-5,9,11,16H,6,8H2,1-2H3/t11-/m1/s1. The third-order valence-corrected chi connectivity index (χ3v) is 3.48. The second-order valence-electron chi connectivity index (χ2n) is 5.28. The lowest BCUT2D eigenvalue weighted by Gasteiger charge is -2.21. The maximum Gasteiger partial charge on any atom is 0.270 e. The van der Waals surface area contributed by atoms with Crippen LogP contribution in [0.25, 0.3) is 0 Å². The molecule has 7 nitrogen and oxygen atoms in total. The van der Waals surface area contributed by atoms with Crippen molar-refractivity contribution in [2.24, 2.45) is 0 Å². The third kappa shape index (κ3) is 3.11. The summed E-state index contributed by atoms with van der Waals surface area (Å²) in [6.07, 6.45) is 0.361. The first kappa shape index (κ1) is 14.8. The molecule has 2 rings (SSSR count). The fourth-order valence-corrected chi connectivity index (χ4v) is 2.41. The fraction of sp³-hybridized carbons (Fsp3) is 0.429. The van der Waals surface area contributed by atoms with E-state index in [0.717, 1.165) is 0 Å². The molecule has 0 bridgehead atoms. The Bertz CT molecular complexity index is 621. The number of nitro benzene ring substituents is 1. The van der Waals surface area contributed by atoms with Crippen LogP contribution in [-0.4, -0.2) is 34.4 Å². The first-order valence-electron chi connectivity index (χ1n) is 6.67. The number of anilines is 1. The molecule has 1 saturated heterocycles. The van der Waals surface area contributed by atoms with Gasteiger partial charge in [0.05, 0.1) is 22.2 Å². The average molecular weight is 288 g/mol. The molecule has 1 amide bonds. The number of carbonyl (C=O) groups excluding carboxylic acids is 1. The molecule has 7 heteroatoms. The van der Waals surface area contributed by atoms with Gasteiger partial charge in [-0.25, -0.2) is 0 Å². The largest absolute Gasteiger partial charge is 0.379 e. The number of hydrogen-bond donors (Lipinski definition) is 1. The number of carbonyl (C=O) groups is 1. The van der Waals surface area contributed by atoms with Crippen LogP contribution in [0.1, 0.15) is 25.8 Å². The number of nitrogens with zero attached hydrogens (tertiary/aromatic N) is 3. The maximum atomic E-state index is 11.8. The van der Waals surface area contributed by atoms with Crippen LogP contribution < -0.4 is 5.32 Å². The summed E-state index contributed by atoms with van der Waals surface area (Å²) in [7, 11) is 0. The predicted molar refractivity (Wildman–Crippen MR) is 76.7 cm³/mol. The van der Waals surface area contributed by atoms with Crippen molar-refractivity contribution >= 4 is 17.3 Å². The van der Waals surface area contributed by atoms with Gasteiger partial charge in [0.25, 0.3) is 5.69 Å². The minimum atomic E-state index is -0.537. The molecule has 110 valence electrons. The van der Waals surface area contributed by atoms with Gasteiger partial charge in [-0.2, -0.15) is 5.26 Å². The highest BCUT2D eigenvalue weighted by Gasteiger charge is 2.31. The second kappa shape index (κ2) is 5.79. The summed E-state index contributed by atoms with van der Waals surface area (Å²) in [5.41, 5.74) is 0.606. The van der Waals surface area contributed by atoms with Crippen molar-refractivity contribution < 1.29 is 9.72 Å². The number of nitro groups is 1. The Morgan fingerprint density at radius 2 is 2.24 bits per heavy atom. The molecule has 1 N–H and O–H groups in total. The van der Waals surface area contributed by atoms with Gasteiger partial charge in [0.15, 0.2) is 0 Å². The molecule has 1 aromatic rings. The topological polar surface area (TPSA) is 99.3 Å². The highest BCUT2D eigenvalue weighted by Crippen LogP contribution is 2.24. The third-order valence-electron chi connectivity index (χ3n) is 3.48. The lowest BCUT2D eigenvalue weighted by molar-refractivity contribution is -0.384. The number of rotatable bonds is 4. The summed E-state index contributed by atoms with van der Waals surface area (Å²) in [5.74, 6) is 0.0721. The van der Waals surface area contributed by atoms with Gasteiger partial charge >= 0.3 is 0 Å². The SMILES string of the molecule is CC(C)N1C[C@H](Nc2ccc([N+](=O)[O-])cc2C#N)CC1=O. The Labute approximate surface area is 122 Å². The van der Waals surface area contributed by atoms with Crippen LogP contribution in [-0.2, 0) is 4.79 Å². The van der Waals surface area contributed by atoms with Crippen molar-refractivity contribution in [3.63, 3.8) is 0 Å². The van der Waals surface area contributed by atoms with Crippen LogP contribution in [0.4, 0.5) is 11.4 Å². The first-order chi connectivity index (χ1) is 9.92. The highest BCUT2D eigenvalue weighted by molar-refractivity contribution is 5.80. The van der Waals surface area contributed by atoms with E-state index in [1.807, 2.05) is 19.9 Å². The van der Waals surface area contributed by atoms with Crippen molar-refractivity contribution in [3.05, 3.63) is 33.9 Å². The summed E-state index contributed by atoms with van der Waals surface area (Å²) in [5, 5.41) is 22.9. The molecule has 1 fully saturated rings. The van der Waals surface area contributed by atoms with Gasteiger partial charge in [-0.3, -0.25) is 14.9 Å². The number of amides is 1.